The summed E-state index contributed by atoms with van der Waals surface area (Å²) in [7, 11) is 1.08. The first-order chi connectivity index (χ1) is 7.36. The number of halogens is 4. The molecule has 0 atom stereocenters. The fourth-order valence-electron chi connectivity index (χ4n) is 1.12. The van der Waals surface area contributed by atoms with Crippen LogP contribution in [0.5, 0.6) is 0 Å². The van der Waals surface area contributed by atoms with Gasteiger partial charge in [-0.1, -0.05) is 11.6 Å². The summed E-state index contributed by atoms with van der Waals surface area (Å²) in [6.07, 6.45) is -4.10. The van der Waals surface area contributed by atoms with Crippen LogP contribution in [0.2, 0.25) is 5.02 Å². The average Bonchev–Trinajstić information content (AvgIpc) is 2.15. The zero-order chi connectivity index (χ0) is 12.3. The number of hydrogen-bond acceptors (Lipinski definition) is 3. The highest BCUT2D eigenvalue weighted by molar-refractivity contribution is 6.31. The third-order valence-electron chi connectivity index (χ3n) is 1.80. The maximum atomic E-state index is 12.6. The van der Waals surface area contributed by atoms with E-state index in [0.29, 0.717) is 0 Å². The molecule has 0 amide bonds. The molecule has 7 heteroatoms. The molecular weight excluding hydrogens is 247 g/mol. The fraction of sp³-hybridized carbons (Fsp3) is 0.333. The van der Waals surface area contributed by atoms with Gasteiger partial charge >= 0.3 is 12.1 Å². The Labute approximate surface area is 94.2 Å². The van der Waals surface area contributed by atoms with Gasteiger partial charge in [-0.15, -0.1) is 0 Å². The molecule has 0 fully saturated rings. The Morgan fingerprint density at radius 1 is 1.56 bits per heavy atom. The molecule has 1 aromatic rings. The lowest BCUT2D eigenvalue weighted by atomic mass is 10.1. The summed E-state index contributed by atoms with van der Waals surface area (Å²) < 4.78 is 42.0. The van der Waals surface area contributed by atoms with Gasteiger partial charge in [-0.05, 0) is 6.07 Å². The van der Waals surface area contributed by atoms with Gasteiger partial charge in [0, 0.05) is 6.20 Å². The highest BCUT2D eigenvalue weighted by Gasteiger charge is 2.37. The largest absolute Gasteiger partial charge is 0.469 e. The number of pyridine rings is 1. The summed E-state index contributed by atoms with van der Waals surface area (Å²) in [6.45, 7) is 0. The van der Waals surface area contributed by atoms with Crippen LogP contribution >= 0.6 is 11.6 Å². The van der Waals surface area contributed by atoms with Crippen LogP contribution in [0.15, 0.2) is 12.3 Å². The van der Waals surface area contributed by atoms with Crippen LogP contribution in [0.4, 0.5) is 13.2 Å². The topological polar surface area (TPSA) is 39.2 Å². The molecule has 0 spiro atoms. The minimum absolute atomic E-state index is 0.438. The van der Waals surface area contributed by atoms with E-state index >= 15 is 0 Å². The molecule has 0 unspecified atom stereocenters. The van der Waals surface area contributed by atoms with E-state index in [9.17, 15) is 18.0 Å². The molecule has 0 saturated carbocycles. The van der Waals surface area contributed by atoms with Gasteiger partial charge in [-0.3, -0.25) is 9.78 Å². The average molecular weight is 254 g/mol. The number of esters is 1. The van der Waals surface area contributed by atoms with Gasteiger partial charge in [-0.2, -0.15) is 13.2 Å². The van der Waals surface area contributed by atoms with Gasteiger partial charge in [0.25, 0.3) is 0 Å². The first-order valence-electron chi connectivity index (χ1n) is 4.13. The van der Waals surface area contributed by atoms with Crippen LogP contribution in [0.1, 0.15) is 11.3 Å². The second kappa shape index (κ2) is 4.69. The molecule has 0 aliphatic rings. The number of carbonyl (C=O) groups excluding carboxylic acids is 1. The van der Waals surface area contributed by atoms with Crippen molar-refractivity contribution < 1.29 is 22.7 Å². The molecular formula is C9H7ClF3NO2. The lowest BCUT2D eigenvalue weighted by Crippen LogP contribution is -2.15. The Morgan fingerprint density at radius 2 is 2.19 bits per heavy atom. The fourth-order valence-corrected chi connectivity index (χ4v) is 1.39. The number of nitrogens with zero attached hydrogens (tertiary/aromatic N) is 1. The van der Waals surface area contributed by atoms with Crippen molar-refractivity contribution in [3.63, 3.8) is 0 Å². The molecule has 0 aliphatic heterocycles. The summed E-state index contributed by atoms with van der Waals surface area (Å²) in [4.78, 5) is 14.4. The second-order valence-electron chi connectivity index (χ2n) is 2.87. The molecule has 0 radical (unpaired) electrons. The van der Waals surface area contributed by atoms with E-state index in [2.05, 4.69) is 9.72 Å². The van der Waals surface area contributed by atoms with Crippen molar-refractivity contribution in [1.82, 2.24) is 4.98 Å². The molecule has 1 rings (SSSR count). The second-order valence-corrected chi connectivity index (χ2v) is 3.27. The SMILES string of the molecule is COC(=O)Cc1nccc(Cl)c1C(F)(F)F. The maximum Gasteiger partial charge on any atom is 0.419 e. The summed E-state index contributed by atoms with van der Waals surface area (Å²) >= 11 is 5.43. The molecule has 16 heavy (non-hydrogen) atoms. The van der Waals surface area contributed by atoms with Gasteiger partial charge in [0.2, 0.25) is 0 Å². The molecule has 0 N–H and O–H groups in total. The Kier molecular flexibility index (Phi) is 3.74. The number of alkyl halides is 3. The van der Waals surface area contributed by atoms with Crippen LogP contribution < -0.4 is 0 Å². The van der Waals surface area contributed by atoms with Crippen LogP contribution in [-0.4, -0.2) is 18.1 Å². The highest BCUT2D eigenvalue weighted by Crippen LogP contribution is 2.36. The molecule has 0 aliphatic carbocycles. The molecule has 0 aromatic carbocycles. The number of rotatable bonds is 2. The number of aromatic nitrogens is 1. The van der Waals surface area contributed by atoms with Crippen LogP contribution in [0.3, 0.4) is 0 Å². The van der Waals surface area contributed by atoms with E-state index in [-0.39, 0.29) is 0 Å². The molecule has 1 aromatic heterocycles. The third-order valence-corrected chi connectivity index (χ3v) is 2.12. The molecule has 1 heterocycles. The zero-order valence-corrected chi connectivity index (χ0v) is 8.89. The van der Waals surface area contributed by atoms with Crippen LogP contribution in [0, 0.1) is 0 Å². The van der Waals surface area contributed by atoms with Crippen molar-refractivity contribution in [3.8, 4) is 0 Å². The van der Waals surface area contributed by atoms with Gasteiger partial charge in [0.05, 0.1) is 29.8 Å². The lowest BCUT2D eigenvalue weighted by molar-refractivity contribution is -0.141. The Morgan fingerprint density at radius 3 is 2.69 bits per heavy atom. The number of carbonyl (C=O) groups is 1. The zero-order valence-electron chi connectivity index (χ0n) is 8.14. The highest BCUT2D eigenvalue weighted by atomic mass is 35.5. The molecule has 0 bridgehead atoms. The van der Waals surface area contributed by atoms with E-state index in [4.69, 9.17) is 11.6 Å². The predicted octanol–water partition coefficient (Wildman–Crippen LogP) is 2.47. The number of methoxy groups -OCH3 is 1. The van der Waals surface area contributed by atoms with E-state index in [1.807, 2.05) is 0 Å². The first-order valence-corrected chi connectivity index (χ1v) is 4.51. The Balaban J connectivity index is 3.18. The third kappa shape index (κ3) is 2.85. The summed E-state index contributed by atoms with van der Waals surface area (Å²) in [5.41, 5.74) is -1.53. The lowest BCUT2D eigenvalue weighted by Gasteiger charge is -2.12. The minimum Gasteiger partial charge on any atom is -0.469 e. The van der Waals surface area contributed by atoms with E-state index in [0.717, 1.165) is 19.4 Å². The summed E-state index contributed by atoms with van der Waals surface area (Å²) in [5, 5.41) is -0.485. The van der Waals surface area contributed by atoms with Crippen molar-refractivity contribution in [1.29, 1.82) is 0 Å². The van der Waals surface area contributed by atoms with Gasteiger partial charge in [0.15, 0.2) is 0 Å². The van der Waals surface area contributed by atoms with Crippen molar-refractivity contribution in [2.24, 2.45) is 0 Å². The maximum absolute atomic E-state index is 12.6. The van der Waals surface area contributed by atoms with Gasteiger partial charge in [0.1, 0.15) is 0 Å². The number of hydrogen-bond donors (Lipinski definition) is 0. The summed E-state index contributed by atoms with van der Waals surface area (Å²) in [6, 6.07) is 1.02. The smallest absolute Gasteiger partial charge is 0.419 e. The first kappa shape index (κ1) is 12.8. The van der Waals surface area contributed by atoms with Crippen molar-refractivity contribution in [2.45, 2.75) is 12.6 Å². The van der Waals surface area contributed by atoms with E-state index in [1.165, 1.54) is 0 Å². The van der Waals surface area contributed by atoms with Crippen molar-refractivity contribution in [2.75, 3.05) is 7.11 Å². The van der Waals surface area contributed by atoms with Crippen molar-refractivity contribution >= 4 is 17.6 Å². The molecule has 3 nitrogen and oxygen atoms in total. The van der Waals surface area contributed by atoms with Crippen LogP contribution in [0.25, 0.3) is 0 Å². The monoisotopic (exact) mass is 253 g/mol. The molecule has 0 saturated heterocycles. The Hall–Kier alpha value is -1.30. The van der Waals surface area contributed by atoms with Crippen LogP contribution in [-0.2, 0) is 22.1 Å². The van der Waals surface area contributed by atoms with Gasteiger partial charge in [-0.25, -0.2) is 0 Å². The predicted molar refractivity (Wildman–Crippen MR) is 50.0 cm³/mol. The van der Waals surface area contributed by atoms with E-state index in [1.54, 1.807) is 0 Å². The van der Waals surface area contributed by atoms with Gasteiger partial charge < -0.3 is 4.74 Å². The Bertz CT molecular complexity index is 406. The number of ether oxygens (including phenoxy) is 1. The van der Waals surface area contributed by atoms with E-state index < -0.39 is 34.8 Å². The van der Waals surface area contributed by atoms with Crippen molar-refractivity contribution in [3.05, 3.63) is 28.5 Å². The summed E-state index contributed by atoms with van der Waals surface area (Å²) in [5.74, 6) is -0.805. The quantitative estimate of drug-likeness (QED) is 0.760. The minimum atomic E-state index is -4.64. The standard InChI is InChI=1S/C9H7ClF3NO2/c1-16-7(15)4-6-8(9(11,12)13)5(10)2-3-14-6/h2-3H,4H2,1H3. The normalized spacial score (nSPS) is 11.3. The molecule has 88 valence electrons.